The second-order valence-electron chi connectivity index (χ2n) is 4.58. The number of nitrogens with zero attached hydrogens (tertiary/aromatic N) is 1. The molecule has 0 radical (unpaired) electrons. The van der Waals surface area contributed by atoms with Gasteiger partial charge in [-0.3, -0.25) is 0 Å². The van der Waals surface area contributed by atoms with Crippen LogP contribution in [0.15, 0.2) is 79.1 Å². The van der Waals surface area contributed by atoms with Gasteiger partial charge in [-0.1, -0.05) is 75.7 Å². The molecule has 0 saturated carbocycles. The van der Waals surface area contributed by atoms with E-state index in [1.807, 2.05) is 58.0 Å². The molecule has 0 bridgehead atoms. The van der Waals surface area contributed by atoms with Gasteiger partial charge in [0.05, 0.1) is 0 Å². The van der Waals surface area contributed by atoms with Gasteiger partial charge in [-0.05, 0) is 43.7 Å². The topological polar surface area (TPSA) is 4.93 Å². The summed E-state index contributed by atoms with van der Waals surface area (Å²) in [6, 6.07) is 22.8. The zero-order valence-corrected chi connectivity index (χ0v) is 15.5. The van der Waals surface area contributed by atoms with Crippen molar-refractivity contribution in [2.24, 2.45) is 0 Å². The van der Waals surface area contributed by atoms with Crippen molar-refractivity contribution in [3.8, 4) is 5.69 Å². The lowest BCUT2D eigenvalue weighted by molar-refractivity contribution is 1.08. The molecule has 0 fully saturated rings. The molecule has 0 aliphatic carbocycles. The van der Waals surface area contributed by atoms with Crippen LogP contribution in [-0.4, -0.2) is 4.57 Å². The van der Waals surface area contributed by atoms with Crippen LogP contribution in [-0.2, 0) is 0 Å². The van der Waals surface area contributed by atoms with E-state index in [9.17, 15) is 0 Å². The molecular weight excluding hydrogens is 278 g/mol. The van der Waals surface area contributed by atoms with E-state index >= 15 is 0 Å². The van der Waals surface area contributed by atoms with Gasteiger partial charge in [-0.25, -0.2) is 0 Å². The van der Waals surface area contributed by atoms with Crippen molar-refractivity contribution in [2.75, 3.05) is 0 Å². The lowest BCUT2D eigenvalue weighted by Gasteiger charge is -2.02. The Morgan fingerprint density at radius 1 is 0.565 bits per heavy atom. The summed E-state index contributed by atoms with van der Waals surface area (Å²) in [5.41, 5.74) is 3.84. The summed E-state index contributed by atoms with van der Waals surface area (Å²) in [5.74, 6) is 0. The van der Waals surface area contributed by atoms with Gasteiger partial charge < -0.3 is 4.57 Å². The molecule has 0 amide bonds. The van der Waals surface area contributed by atoms with E-state index in [2.05, 4.69) is 67.2 Å². The first-order valence-corrected chi connectivity index (χ1v) is 8.47. The Bertz CT molecular complexity index is 595. The first kappa shape index (κ1) is 20.7. The minimum absolute atomic E-state index is 1.22. The summed E-state index contributed by atoms with van der Waals surface area (Å²) >= 11 is 0. The summed E-state index contributed by atoms with van der Waals surface area (Å²) in [7, 11) is 0. The molecule has 0 aliphatic rings. The van der Waals surface area contributed by atoms with Crippen molar-refractivity contribution in [1.82, 2.24) is 4.57 Å². The van der Waals surface area contributed by atoms with E-state index in [0.29, 0.717) is 0 Å². The van der Waals surface area contributed by atoms with Gasteiger partial charge in [-0.2, -0.15) is 0 Å². The van der Waals surface area contributed by atoms with E-state index in [-0.39, 0.29) is 0 Å². The molecular formula is C22H31N. The molecule has 0 N–H and O–H groups in total. The van der Waals surface area contributed by atoms with Crippen molar-refractivity contribution in [3.63, 3.8) is 0 Å². The fourth-order valence-electron chi connectivity index (χ4n) is 1.83. The molecule has 0 atom stereocenters. The maximum Gasteiger partial charge on any atom is 0.0451 e. The van der Waals surface area contributed by atoms with Crippen molar-refractivity contribution in [1.29, 1.82) is 0 Å². The molecule has 23 heavy (non-hydrogen) atoms. The fraction of sp³-hybridized carbons (Fsp3) is 0.273. The molecule has 3 rings (SSSR count). The Morgan fingerprint density at radius 3 is 1.52 bits per heavy atom. The normalized spacial score (nSPS) is 8.43. The van der Waals surface area contributed by atoms with Crippen LogP contribution >= 0.6 is 0 Å². The number of rotatable bonds is 1. The smallest absolute Gasteiger partial charge is 0.0451 e. The molecule has 0 spiro atoms. The maximum absolute atomic E-state index is 2.17. The molecule has 1 heteroatoms. The summed E-state index contributed by atoms with van der Waals surface area (Å²) in [4.78, 5) is 0. The average molecular weight is 309 g/mol. The van der Waals surface area contributed by atoms with Crippen LogP contribution in [0, 0.1) is 13.8 Å². The van der Waals surface area contributed by atoms with Crippen molar-refractivity contribution < 1.29 is 0 Å². The van der Waals surface area contributed by atoms with Crippen LogP contribution in [0.4, 0.5) is 0 Å². The van der Waals surface area contributed by atoms with Gasteiger partial charge in [0.1, 0.15) is 0 Å². The average Bonchev–Trinajstić information content (AvgIpc) is 3.14. The highest BCUT2D eigenvalue weighted by Crippen LogP contribution is 2.09. The van der Waals surface area contributed by atoms with Crippen molar-refractivity contribution in [2.45, 2.75) is 41.5 Å². The second-order valence-corrected chi connectivity index (χ2v) is 4.58. The van der Waals surface area contributed by atoms with Crippen LogP contribution in [0.2, 0.25) is 0 Å². The predicted molar refractivity (Wildman–Crippen MR) is 104 cm³/mol. The molecule has 2 aromatic carbocycles. The van der Waals surface area contributed by atoms with E-state index in [4.69, 9.17) is 0 Å². The second kappa shape index (κ2) is 13.4. The van der Waals surface area contributed by atoms with Crippen LogP contribution in [0.25, 0.3) is 5.69 Å². The third kappa shape index (κ3) is 8.67. The van der Waals surface area contributed by atoms with E-state index < -0.39 is 0 Å². The molecule has 0 unspecified atom stereocenters. The summed E-state index contributed by atoms with van der Waals surface area (Å²) < 4.78 is 2.10. The van der Waals surface area contributed by atoms with Gasteiger partial charge >= 0.3 is 0 Å². The number of hydrogen-bond acceptors (Lipinski definition) is 0. The third-order valence-electron chi connectivity index (χ3n) is 2.84. The van der Waals surface area contributed by atoms with Gasteiger partial charge in [0.25, 0.3) is 0 Å². The standard InChI is InChI=1S/C11H11N.C7H8.2C2H6/c1-10-5-4-6-11(9-10)12-7-2-3-8-12;1-7-5-3-2-4-6-7;2*1-2/h2-9H,1H3;2-6H,1H3;2*1-2H3. The first-order chi connectivity index (χ1) is 11.3. The third-order valence-corrected chi connectivity index (χ3v) is 2.84. The SMILES string of the molecule is CC.CC.Cc1cccc(-n2cccc2)c1.Cc1ccccc1. The lowest BCUT2D eigenvalue weighted by Crippen LogP contribution is -1.88. The van der Waals surface area contributed by atoms with Gasteiger partial charge in [0, 0.05) is 18.1 Å². The van der Waals surface area contributed by atoms with Crippen molar-refractivity contribution in [3.05, 3.63) is 90.3 Å². The number of aryl methyl sites for hydroxylation is 2. The van der Waals surface area contributed by atoms with Gasteiger partial charge in [-0.15, -0.1) is 0 Å². The summed E-state index contributed by atoms with van der Waals surface area (Å²) in [6.45, 7) is 12.2. The number of hydrogen-bond donors (Lipinski definition) is 0. The Balaban J connectivity index is 0.000000377. The number of benzene rings is 2. The van der Waals surface area contributed by atoms with Gasteiger partial charge in [0.2, 0.25) is 0 Å². The van der Waals surface area contributed by atoms with E-state index in [1.165, 1.54) is 16.8 Å². The number of aromatic nitrogens is 1. The fourth-order valence-corrected chi connectivity index (χ4v) is 1.83. The van der Waals surface area contributed by atoms with Crippen LogP contribution in [0.3, 0.4) is 0 Å². The van der Waals surface area contributed by atoms with Crippen LogP contribution < -0.4 is 0 Å². The largest absolute Gasteiger partial charge is 0.324 e. The first-order valence-electron chi connectivity index (χ1n) is 8.47. The Morgan fingerprint density at radius 2 is 1.09 bits per heavy atom. The quantitative estimate of drug-likeness (QED) is 0.464. The highest BCUT2D eigenvalue weighted by atomic mass is 14.9. The molecule has 0 saturated heterocycles. The molecule has 1 aromatic heterocycles. The van der Waals surface area contributed by atoms with Gasteiger partial charge in [0.15, 0.2) is 0 Å². The summed E-state index contributed by atoms with van der Waals surface area (Å²) in [6.07, 6.45) is 4.10. The molecule has 1 heterocycles. The monoisotopic (exact) mass is 309 g/mol. The molecule has 1 nitrogen and oxygen atoms in total. The van der Waals surface area contributed by atoms with E-state index in [0.717, 1.165) is 0 Å². The zero-order chi connectivity index (χ0) is 17.5. The zero-order valence-electron chi connectivity index (χ0n) is 15.5. The Kier molecular flexibility index (Phi) is 12.1. The van der Waals surface area contributed by atoms with Crippen LogP contribution in [0.5, 0.6) is 0 Å². The molecule has 0 aliphatic heterocycles. The minimum atomic E-state index is 1.22. The van der Waals surface area contributed by atoms with E-state index in [1.54, 1.807) is 0 Å². The Labute approximate surface area is 142 Å². The maximum atomic E-state index is 2.17. The highest BCUT2D eigenvalue weighted by Gasteiger charge is 1.92. The summed E-state index contributed by atoms with van der Waals surface area (Å²) in [5, 5.41) is 0. The van der Waals surface area contributed by atoms with Crippen LogP contribution in [0.1, 0.15) is 38.8 Å². The highest BCUT2D eigenvalue weighted by molar-refractivity contribution is 5.35. The van der Waals surface area contributed by atoms with Crippen molar-refractivity contribution >= 4 is 0 Å². The Hall–Kier alpha value is -2.28. The molecule has 3 aromatic rings. The minimum Gasteiger partial charge on any atom is -0.324 e. The predicted octanol–water partition coefficient (Wildman–Crippen LogP) is 6.83. The lowest BCUT2D eigenvalue weighted by atomic mass is 10.2. The molecule has 124 valence electrons.